The molecule has 0 fully saturated rings. The number of methoxy groups -OCH3 is 1. The van der Waals surface area contributed by atoms with Crippen molar-refractivity contribution >= 4 is 17.5 Å². The van der Waals surface area contributed by atoms with E-state index in [0.29, 0.717) is 17.0 Å². The number of rotatable bonds is 5. The topological polar surface area (TPSA) is 93.5 Å². The summed E-state index contributed by atoms with van der Waals surface area (Å²) in [6.07, 6.45) is 0. The van der Waals surface area contributed by atoms with Crippen LogP contribution in [0.3, 0.4) is 0 Å². The molecular formula is C13H19N3O3. The highest BCUT2D eigenvalue weighted by molar-refractivity contribution is 5.98. The molecule has 4 N–H and O–H groups in total. The van der Waals surface area contributed by atoms with Crippen molar-refractivity contribution in [1.29, 1.82) is 0 Å². The maximum absolute atomic E-state index is 11.8. The molecule has 0 saturated carbocycles. The van der Waals surface area contributed by atoms with Gasteiger partial charge in [0.2, 0.25) is 5.91 Å². The molecule has 6 heteroatoms. The molecule has 0 aliphatic heterocycles. The molecule has 0 bridgehead atoms. The van der Waals surface area contributed by atoms with Gasteiger partial charge in [0.25, 0.3) is 5.91 Å². The Morgan fingerprint density at radius 2 is 2.11 bits per heavy atom. The average Bonchev–Trinajstić information content (AvgIpc) is 2.45. The quantitative estimate of drug-likeness (QED) is 0.726. The molecule has 1 rings (SSSR count). The molecule has 1 unspecified atom stereocenters. The number of benzene rings is 1. The zero-order chi connectivity index (χ0) is 14.4. The highest BCUT2D eigenvalue weighted by Gasteiger charge is 2.15. The first-order chi connectivity index (χ1) is 9.03. The van der Waals surface area contributed by atoms with Crippen molar-refractivity contribution in [3.05, 3.63) is 23.8 Å². The summed E-state index contributed by atoms with van der Waals surface area (Å²) in [5, 5.41) is 5.23. The zero-order valence-electron chi connectivity index (χ0n) is 11.3. The standard InChI is InChI=1S/C13H19N3O3/c1-8(7-14)12(17)16-10-6-9(13(18)15-2)4-5-11(10)19-3/h4-6,8H,7,14H2,1-3H3,(H,15,18)(H,16,17). The molecule has 19 heavy (non-hydrogen) atoms. The molecule has 1 aromatic rings. The Bertz CT molecular complexity index is 474. The van der Waals surface area contributed by atoms with Crippen LogP contribution in [0.15, 0.2) is 18.2 Å². The maximum atomic E-state index is 11.8. The molecule has 0 radical (unpaired) electrons. The highest BCUT2D eigenvalue weighted by Crippen LogP contribution is 2.26. The Hall–Kier alpha value is -2.08. The number of ether oxygens (including phenoxy) is 1. The fourth-order valence-corrected chi connectivity index (χ4v) is 1.45. The van der Waals surface area contributed by atoms with E-state index in [0.717, 1.165) is 0 Å². The summed E-state index contributed by atoms with van der Waals surface area (Å²) in [6.45, 7) is 1.98. The van der Waals surface area contributed by atoms with Crippen molar-refractivity contribution in [2.24, 2.45) is 11.7 Å². The lowest BCUT2D eigenvalue weighted by atomic mass is 10.1. The number of anilines is 1. The Morgan fingerprint density at radius 3 is 2.63 bits per heavy atom. The van der Waals surface area contributed by atoms with Gasteiger partial charge in [0.05, 0.1) is 12.8 Å². The van der Waals surface area contributed by atoms with Crippen LogP contribution in [0.1, 0.15) is 17.3 Å². The van der Waals surface area contributed by atoms with Crippen molar-refractivity contribution in [2.75, 3.05) is 26.0 Å². The number of hydrogen-bond acceptors (Lipinski definition) is 4. The van der Waals surface area contributed by atoms with Crippen LogP contribution in [0.25, 0.3) is 0 Å². The van der Waals surface area contributed by atoms with Crippen LogP contribution in [-0.2, 0) is 4.79 Å². The first kappa shape index (κ1) is 15.0. The van der Waals surface area contributed by atoms with E-state index < -0.39 is 0 Å². The highest BCUT2D eigenvalue weighted by atomic mass is 16.5. The molecule has 0 saturated heterocycles. The molecule has 0 aliphatic carbocycles. The van der Waals surface area contributed by atoms with Gasteiger partial charge in [0.15, 0.2) is 0 Å². The maximum Gasteiger partial charge on any atom is 0.251 e. The second-order valence-corrected chi connectivity index (χ2v) is 4.12. The van der Waals surface area contributed by atoms with Gasteiger partial charge >= 0.3 is 0 Å². The number of hydrogen-bond donors (Lipinski definition) is 3. The largest absolute Gasteiger partial charge is 0.495 e. The van der Waals surface area contributed by atoms with Gasteiger partial charge in [-0.25, -0.2) is 0 Å². The normalized spacial score (nSPS) is 11.6. The fraction of sp³-hybridized carbons (Fsp3) is 0.385. The van der Waals surface area contributed by atoms with Gasteiger partial charge in [-0.2, -0.15) is 0 Å². The molecule has 104 valence electrons. The van der Waals surface area contributed by atoms with Gasteiger partial charge in [-0.3, -0.25) is 9.59 Å². The smallest absolute Gasteiger partial charge is 0.251 e. The summed E-state index contributed by atoms with van der Waals surface area (Å²) in [5.41, 5.74) is 6.34. The summed E-state index contributed by atoms with van der Waals surface area (Å²) in [5.74, 6) is -0.265. The zero-order valence-corrected chi connectivity index (χ0v) is 11.3. The minimum Gasteiger partial charge on any atom is -0.495 e. The second kappa shape index (κ2) is 6.75. The first-order valence-corrected chi connectivity index (χ1v) is 5.94. The van der Waals surface area contributed by atoms with Crippen molar-refractivity contribution in [2.45, 2.75) is 6.92 Å². The van der Waals surface area contributed by atoms with Crippen LogP contribution in [0.5, 0.6) is 5.75 Å². The van der Waals surface area contributed by atoms with Gasteiger partial charge in [-0.1, -0.05) is 6.92 Å². The number of nitrogens with two attached hydrogens (primary N) is 1. The number of carbonyl (C=O) groups excluding carboxylic acids is 2. The van der Waals surface area contributed by atoms with Gasteiger partial charge < -0.3 is 21.1 Å². The Kier molecular flexibility index (Phi) is 5.32. The molecule has 0 heterocycles. The van der Waals surface area contributed by atoms with E-state index in [-0.39, 0.29) is 24.3 Å². The Morgan fingerprint density at radius 1 is 1.42 bits per heavy atom. The minimum absolute atomic E-state index is 0.213. The van der Waals surface area contributed by atoms with E-state index in [2.05, 4.69) is 10.6 Å². The van der Waals surface area contributed by atoms with Crippen molar-refractivity contribution in [3.8, 4) is 5.75 Å². The molecule has 1 aromatic carbocycles. The number of amides is 2. The van der Waals surface area contributed by atoms with E-state index in [1.807, 2.05) is 0 Å². The van der Waals surface area contributed by atoms with Gasteiger partial charge in [-0.05, 0) is 18.2 Å². The van der Waals surface area contributed by atoms with Crippen LogP contribution in [0.4, 0.5) is 5.69 Å². The summed E-state index contributed by atoms with van der Waals surface area (Å²) in [4.78, 5) is 23.4. The Balaban J connectivity index is 3.02. The predicted octanol–water partition coefficient (Wildman–Crippen LogP) is 0.588. The lowest BCUT2D eigenvalue weighted by molar-refractivity contribution is -0.119. The summed E-state index contributed by atoms with van der Waals surface area (Å²) in [6, 6.07) is 4.83. The summed E-state index contributed by atoms with van der Waals surface area (Å²) in [7, 11) is 3.04. The third-order valence-electron chi connectivity index (χ3n) is 2.75. The van der Waals surface area contributed by atoms with Crippen LogP contribution in [0.2, 0.25) is 0 Å². The van der Waals surface area contributed by atoms with Crippen LogP contribution in [0, 0.1) is 5.92 Å². The summed E-state index contributed by atoms with van der Waals surface area (Å²) < 4.78 is 5.15. The minimum atomic E-state index is -0.312. The third-order valence-corrected chi connectivity index (χ3v) is 2.75. The molecular weight excluding hydrogens is 246 g/mol. The monoisotopic (exact) mass is 265 g/mol. The summed E-state index contributed by atoms with van der Waals surface area (Å²) >= 11 is 0. The Labute approximate surface area is 112 Å². The van der Waals surface area contributed by atoms with Crippen molar-refractivity contribution in [1.82, 2.24) is 5.32 Å². The number of nitrogens with one attached hydrogen (secondary N) is 2. The molecule has 6 nitrogen and oxygen atoms in total. The van der Waals surface area contributed by atoms with Crippen LogP contribution >= 0.6 is 0 Å². The number of carbonyl (C=O) groups is 2. The average molecular weight is 265 g/mol. The van der Waals surface area contributed by atoms with Gasteiger partial charge in [-0.15, -0.1) is 0 Å². The predicted molar refractivity (Wildman–Crippen MR) is 73.2 cm³/mol. The third kappa shape index (κ3) is 3.69. The lowest BCUT2D eigenvalue weighted by Gasteiger charge is -2.14. The van der Waals surface area contributed by atoms with E-state index >= 15 is 0 Å². The van der Waals surface area contributed by atoms with Crippen LogP contribution in [-0.4, -0.2) is 32.5 Å². The van der Waals surface area contributed by atoms with Crippen molar-refractivity contribution in [3.63, 3.8) is 0 Å². The second-order valence-electron chi connectivity index (χ2n) is 4.12. The van der Waals surface area contributed by atoms with Crippen molar-refractivity contribution < 1.29 is 14.3 Å². The lowest BCUT2D eigenvalue weighted by Crippen LogP contribution is -2.27. The van der Waals surface area contributed by atoms with E-state index in [1.54, 1.807) is 32.2 Å². The van der Waals surface area contributed by atoms with E-state index in [4.69, 9.17) is 10.5 Å². The fourth-order valence-electron chi connectivity index (χ4n) is 1.45. The van der Waals surface area contributed by atoms with Gasteiger partial charge in [0.1, 0.15) is 5.75 Å². The van der Waals surface area contributed by atoms with E-state index in [1.165, 1.54) is 7.11 Å². The molecule has 1 atom stereocenters. The first-order valence-electron chi connectivity index (χ1n) is 5.94. The van der Waals surface area contributed by atoms with Crippen LogP contribution < -0.4 is 21.1 Å². The molecule has 0 aromatic heterocycles. The SMILES string of the molecule is CNC(=O)c1ccc(OC)c(NC(=O)C(C)CN)c1. The van der Waals surface area contributed by atoms with E-state index in [9.17, 15) is 9.59 Å². The molecule has 2 amide bonds. The van der Waals surface area contributed by atoms with Gasteiger partial charge in [0, 0.05) is 25.1 Å². The molecule has 0 spiro atoms. The molecule has 0 aliphatic rings.